The van der Waals surface area contributed by atoms with Crippen LogP contribution in [0.3, 0.4) is 0 Å². The first kappa shape index (κ1) is 27.0. The van der Waals surface area contributed by atoms with Crippen LogP contribution in [0.15, 0.2) is 48.5 Å². The number of carbonyl (C=O) groups is 2. The van der Waals surface area contributed by atoms with Crippen molar-refractivity contribution in [3.63, 3.8) is 0 Å². The normalized spacial score (nSPS) is 11.6. The highest BCUT2D eigenvalue weighted by Crippen LogP contribution is 2.19. The maximum absolute atomic E-state index is 13.3. The fourth-order valence-corrected chi connectivity index (χ4v) is 3.50. The van der Waals surface area contributed by atoms with E-state index in [1.165, 1.54) is 0 Å². The highest BCUT2D eigenvalue weighted by atomic mass is 16.5. The zero-order valence-electron chi connectivity index (χ0n) is 21.0. The molecule has 2 amide bonds. The molecule has 1 N–H and O–H groups in total. The van der Waals surface area contributed by atoms with Gasteiger partial charge in [0.25, 0.3) is 0 Å². The molecule has 1 atom stereocenters. The molecule has 2 rings (SSSR count). The molecule has 34 heavy (non-hydrogen) atoms. The summed E-state index contributed by atoms with van der Waals surface area (Å²) in [6.45, 7) is 7.37. The number of nitrogens with zero attached hydrogens (tertiary/aromatic N) is 1. The highest BCUT2D eigenvalue weighted by molar-refractivity contribution is 5.87. The fourth-order valence-electron chi connectivity index (χ4n) is 3.50. The lowest BCUT2D eigenvalue weighted by Crippen LogP contribution is -2.49. The molecule has 0 aliphatic rings. The van der Waals surface area contributed by atoms with Crippen LogP contribution in [0.5, 0.6) is 17.2 Å². The monoisotopic (exact) mass is 470 g/mol. The first-order chi connectivity index (χ1) is 16.4. The van der Waals surface area contributed by atoms with E-state index in [0.29, 0.717) is 44.9 Å². The van der Waals surface area contributed by atoms with Crippen molar-refractivity contribution >= 4 is 11.8 Å². The third-order valence-corrected chi connectivity index (χ3v) is 5.45. The second-order valence-corrected chi connectivity index (χ2v) is 8.56. The Bertz CT molecular complexity index is 881. The van der Waals surface area contributed by atoms with Crippen molar-refractivity contribution in [1.29, 1.82) is 0 Å². The van der Waals surface area contributed by atoms with Crippen molar-refractivity contribution in [2.75, 3.05) is 27.4 Å². The van der Waals surface area contributed by atoms with E-state index in [2.05, 4.69) is 5.32 Å². The van der Waals surface area contributed by atoms with E-state index in [9.17, 15) is 9.59 Å². The number of ether oxygens (including phenoxy) is 3. The Labute approximate surface area is 203 Å². The number of rotatable bonds is 14. The second kappa shape index (κ2) is 14.1. The number of carbonyl (C=O) groups excluding carboxylic acids is 2. The van der Waals surface area contributed by atoms with Crippen LogP contribution in [0.1, 0.15) is 45.6 Å². The van der Waals surface area contributed by atoms with Gasteiger partial charge in [0, 0.05) is 19.5 Å². The third kappa shape index (κ3) is 8.61. The van der Waals surface area contributed by atoms with Gasteiger partial charge in [-0.2, -0.15) is 0 Å². The lowest BCUT2D eigenvalue weighted by atomic mass is 10.1. The molecule has 0 heterocycles. The van der Waals surface area contributed by atoms with Crippen LogP contribution in [0, 0.1) is 5.92 Å². The lowest BCUT2D eigenvalue weighted by molar-refractivity contribution is -0.141. The van der Waals surface area contributed by atoms with Crippen LogP contribution >= 0.6 is 0 Å². The molecule has 0 unspecified atom stereocenters. The van der Waals surface area contributed by atoms with E-state index in [1.54, 1.807) is 19.1 Å². The molecule has 7 heteroatoms. The van der Waals surface area contributed by atoms with Crippen molar-refractivity contribution in [2.24, 2.45) is 5.92 Å². The predicted molar refractivity (Wildman–Crippen MR) is 133 cm³/mol. The molecule has 2 aromatic carbocycles. The van der Waals surface area contributed by atoms with E-state index in [4.69, 9.17) is 14.2 Å². The molecule has 0 aliphatic heterocycles. The Morgan fingerprint density at radius 1 is 0.912 bits per heavy atom. The maximum atomic E-state index is 13.3. The van der Waals surface area contributed by atoms with Gasteiger partial charge in [-0.15, -0.1) is 0 Å². The molecule has 0 saturated heterocycles. The molecule has 0 bridgehead atoms. The van der Waals surface area contributed by atoms with E-state index in [1.807, 2.05) is 69.3 Å². The van der Waals surface area contributed by atoms with Crippen molar-refractivity contribution in [3.05, 3.63) is 54.1 Å². The molecule has 7 nitrogen and oxygen atoms in total. The molecular formula is C27H38N2O5. The number of nitrogens with one attached hydrogen (secondary N) is 1. The zero-order valence-corrected chi connectivity index (χ0v) is 21.0. The molecule has 0 fully saturated rings. The van der Waals surface area contributed by atoms with Gasteiger partial charge in [-0.1, -0.05) is 32.9 Å². The number of amides is 2. The van der Waals surface area contributed by atoms with E-state index >= 15 is 0 Å². The fraction of sp³-hybridized carbons (Fsp3) is 0.481. The van der Waals surface area contributed by atoms with Gasteiger partial charge in [-0.3, -0.25) is 9.59 Å². The molecule has 0 aromatic heterocycles. The molecular weight excluding hydrogens is 432 g/mol. The Kier molecular flexibility index (Phi) is 11.2. The predicted octanol–water partition coefficient (Wildman–Crippen LogP) is 4.44. The Morgan fingerprint density at radius 2 is 1.47 bits per heavy atom. The van der Waals surface area contributed by atoms with Gasteiger partial charge < -0.3 is 24.4 Å². The van der Waals surface area contributed by atoms with Crippen LogP contribution in [-0.4, -0.2) is 50.1 Å². The standard InChI is InChI=1S/C27H38N2O5/c1-6-25(27(31)28-18-20(2)3)29(19-21-9-11-22(32-4)12-10-21)26(30)8-7-17-34-24-15-13-23(33-5)14-16-24/h9-16,20,25H,6-8,17-19H2,1-5H3,(H,28,31)/t25-/m0/s1. The van der Waals surface area contributed by atoms with Crippen LogP contribution in [-0.2, 0) is 16.1 Å². The number of hydrogen-bond donors (Lipinski definition) is 1. The molecule has 0 spiro atoms. The summed E-state index contributed by atoms with van der Waals surface area (Å²) in [4.78, 5) is 27.9. The van der Waals surface area contributed by atoms with Gasteiger partial charge >= 0.3 is 0 Å². The van der Waals surface area contributed by atoms with Gasteiger partial charge in [0.2, 0.25) is 11.8 Å². The quantitative estimate of drug-likeness (QED) is 0.413. The van der Waals surface area contributed by atoms with E-state index < -0.39 is 6.04 Å². The minimum Gasteiger partial charge on any atom is -0.497 e. The topological polar surface area (TPSA) is 77.1 Å². The molecule has 0 radical (unpaired) electrons. The summed E-state index contributed by atoms with van der Waals surface area (Å²) in [7, 11) is 3.23. The summed E-state index contributed by atoms with van der Waals surface area (Å²) in [5.41, 5.74) is 0.943. The molecule has 2 aromatic rings. The second-order valence-electron chi connectivity index (χ2n) is 8.56. The van der Waals surface area contributed by atoms with Crippen molar-refractivity contribution < 1.29 is 23.8 Å². The number of methoxy groups -OCH3 is 2. The third-order valence-electron chi connectivity index (χ3n) is 5.45. The van der Waals surface area contributed by atoms with Gasteiger partial charge in [-0.05, 0) is 60.7 Å². The highest BCUT2D eigenvalue weighted by Gasteiger charge is 2.28. The van der Waals surface area contributed by atoms with Gasteiger partial charge in [0.15, 0.2) is 0 Å². The van der Waals surface area contributed by atoms with Crippen LogP contribution < -0.4 is 19.5 Å². The Hall–Kier alpha value is -3.22. The maximum Gasteiger partial charge on any atom is 0.242 e. The van der Waals surface area contributed by atoms with Crippen LogP contribution in [0.2, 0.25) is 0 Å². The Morgan fingerprint density at radius 3 is 2.00 bits per heavy atom. The average Bonchev–Trinajstić information content (AvgIpc) is 2.85. The number of benzene rings is 2. The van der Waals surface area contributed by atoms with Gasteiger partial charge in [0.1, 0.15) is 23.3 Å². The molecule has 186 valence electrons. The number of hydrogen-bond acceptors (Lipinski definition) is 5. The minimum atomic E-state index is -0.532. The van der Waals surface area contributed by atoms with Crippen molar-refractivity contribution in [3.8, 4) is 17.2 Å². The smallest absolute Gasteiger partial charge is 0.242 e. The summed E-state index contributed by atoms with van der Waals surface area (Å²) in [5.74, 6) is 2.38. The van der Waals surface area contributed by atoms with Gasteiger partial charge in [-0.25, -0.2) is 0 Å². The first-order valence-electron chi connectivity index (χ1n) is 11.8. The lowest BCUT2D eigenvalue weighted by Gasteiger charge is -2.31. The van der Waals surface area contributed by atoms with E-state index in [0.717, 1.165) is 22.8 Å². The largest absolute Gasteiger partial charge is 0.497 e. The van der Waals surface area contributed by atoms with Crippen molar-refractivity contribution in [1.82, 2.24) is 10.2 Å². The van der Waals surface area contributed by atoms with Crippen LogP contribution in [0.4, 0.5) is 0 Å². The first-order valence-corrected chi connectivity index (χ1v) is 11.8. The minimum absolute atomic E-state index is 0.0688. The summed E-state index contributed by atoms with van der Waals surface area (Å²) in [5, 5.41) is 2.98. The Balaban J connectivity index is 2.04. The summed E-state index contributed by atoms with van der Waals surface area (Å²) >= 11 is 0. The zero-order chi connectivity index (χ0) is 24.9. The SMILES string of the molecule is CC[C@@H](C(=O)NCC(C)C)N(Cc1ccc(OC)cc1)C(=O)CCCOc1ccc(OC)cc1. The summed E-state index contributed by atoms with van der Waals surface area (Å²) < 4.78 is 16.1. The van der Waals surface area contributed by atoms with Crippen molar-refractivity contribution in [2.45, 2.75) is 52.6 Å². The van der Waals surface area contributed by atoms with E-state index in [-0.39, 0.29) is 11.8 Å². The summed E-state index contributed by atoms with van der Waals surface area (Å²) in [6, 6.07) is 14.4. The average molecular weight is 471 g/mol. The van der Waals surface area contributed by atoms with Crippen LogP contribution in [0.25, 0.3) is 0 Å². The molecule has 0 aliphatic carbocycles. The summed E-state index contributed by atoms with van der Waals surface area (Å²) in [6.07, 6.45) is 1.38. The molecule has 0 saturated carbocycles. The van der Waals surface area contributed by atoms with Gasteiger partial charge in [0.05, 0.1) is 20.8 Å².